The summed E-state index contributed by atoms with van der Waals surface area (Å²) in [5.74, 6) is -0.893. The number of benzene rings is 1. The van der Waals surface area contributed by atoms with Gasteiger partial charge < -0.3 is 25.5 Å². The molecular formula is C13H15NO5. The summed E-state index contributed by atoms with van der Waals surface area (Å²) in [6.45, 7) is 0. The third-order valence-corrected chi connectivity index (χ3v) is 2.22. The number of furan rings is 1. The summed E-state index contributed by atoms with van der Waals surface area (Å²) in [5, 5.41) is 25.8. The molecule has 1 aromatic carbocycles. The first-order valence-electron chi connectivity index (χ1n) is 5.48. The molecule has 5 N–H and O–H groups in total. The smallest absolute Gasteiger partial charge is 0.320 e. The van der Waals surface area contributed by atoms with Gasteiger partial charge in [-0.25, -0.2) is 0 Å². The van der Waals surface area contributed by atoms with Crippen molar-refractivity contribution in [1.29, 1.82) is 0 Å². The molecule has 102 valence electrons. The monoisotopic (exact) mass is 265 g/mol. The Morgan fingerprint density at radius 3 is 2.21 bits per heavy atom. The van der Waals surface area contributed by atoms with E-state index in [4.69, 9.17) is 21.1 Å². The van der Waals surface area contributed by atoms with Crippen LogP contribution in [0.1, 0.15) is 5.56 Å². The van der Waals surface area contributed by atoms with Gasteiger partial charge in [-0.05, 0) is 30.2 Å². The quantitative estimate of drug-likeness (QED) is 0.665. The first-order chi connectivity index (χ1) is 8.99. The molecule has 1 aromatic heterocycles. The Kier molecular flexibility index (Phi) is 5.43. The fourth-order valence-electron chi connectivity index (χ4n) is 1.24. The summed E-state index contributed by atoms with van der Waals surface area (Å²) in [5.41, 5.74) is 6.12. The Morgan fingerprint density at radius 1 is 1.21 bits per heavy atom. The van der Waals surface area contributed by atoms with Crippen molar-refractivity contribution < 1.29 is 24.5 Å². The molecule has 0 unspecified atom stereocenters. The molecule has 2 aromatic rings. The summed E-state index contributed by atoms with van der Waals surface area (Å²) in [6, 6.07) is 8.52. The van der Waals surface area contributed by atoms with E-state index in [1.165, 1.54) is 24.5 Å². The third-order valence-electron chi connectivity index (χ3n) is 2.22. The minimum atomic E-state index is -1.02. The van der Waals surface area contributed by atoms with E-state index in [1.54, 1.807) is 18.2 Å². The minimum Gasteiger partial charge on any atom is -0.508 e. The maximum atomic E-state index is 10.4. The number of hydrogen-bond acceptors (Lipinski definition) is 5. The fourth-order valence-corrected chi connectivity index (χ4v) is 1.24. The van der Waals surface area contributed by atoms with Gasteiger partial charge in [0.25, 0.3) is 5.95 Å². The molecule has 0 saturated carbocycles. The zero-order valence-corrected chi connectivity index (χ0v) is 10.1. The van der Waals surface area contributed by atoms with Crippen LogP contribution in [-0.4, -0.2) is 27.3 Å². The highest BCUT2D eigenvalue weighted by Gasteiger charge is 2.11. The van der Waals surface area contributed by atoms with Gasteiger partial charge in [-0.1, -0.05) is 12.1 Å². The standard InChI is InChI=1S/C9H11NO3.C4H4O2/c10-8(9(12)13)5-6-1-3-7(11)4-2-6;5-4-2-1-3-6-4/h1-4,8,11H,5,10H2,(H,12,13);1-3,5H/t8-;/m0./s1. The largest absolute Gasteiger partial charge is 0.508 e. The molecule has 6 nitrogen and oxygen atoms in total. The molecule has 0 aliphatic rings. The molecule has 19 heavy (non-hydrogen) atoms. The van der Waals surface area contributed by atoms with E-state index in [1.807, 2.05) is 0 Å². The van der Waals surface area contributed by atoms with Gasteiger partial charge >= 0.3 is 5.97 Å². The molecule has 1 heterocycles. The highest BCUT2D eigenvalue weighted by Crippen LogP contribution is 2.10. The van der Waals surface area contributed by atoms with E-state index in [9.17, 15) is 4.79 Å². The summed E-state index contributed by atoms with van der Waals surface area (Å²) >= 11 is 0. The van der Waals surface area contributed by atoms with Crippen LogP contribution in [-0.2, 0) is 11.2 Å². The van der Waals surface area contributed by atoms with E-state index < -0.39 is 12.0 Å². The van der Waals surface area contributed by atoms with Gasteiger partial charge in [-0.3, -0.25) is 4.79 Å². The zero-order chi connectivity index (χ0) is 14.3. The van der Waals surface area contributed by atoms with E-state index in [0.29, 0.717) is 0 Å². The second-order valence-corrected chi connectivity index (χ2v) is 3.77. The van der Waals surface area contributed by atoms with Crippen LogP contribution in [0.5, 0.6) is 11.7 Å². The Labute approximate surface area is 109 Å². The van der Waals surface area contributed by atoms with Crippen LogP contribution >= 0.6 is 0 Å². The highest BCUT2D eigenvalue weighted by atomic mass is 16.5. The van der Waals surface area contributed by atoms with Crippen LogP contribution in [0.25, 0.3) is 0 Å². The van der Waals surface area contributed by atoms with Gasteiger partial charge in [-0.15, -0.1) is 0 Å². The molecule has 0 amide bonds. The van der Waals surface area contributed by atoms with Crippen molar-refractivity contribution in [2.24, 2.45) is 5.73 Å². The summed E-state index contributed by atoms with van der Waals surface area (Å²) in [6.07, 6.45) is 1.69. The molecule has 0 saturated heterocycles. The lowest BCUT2D eigenvalue weighted by atomic mass is 10.1. The van der Waals surface area contributed by atoms with Gasteiger partial charge in [0.05, 0.1) is 6.26 Å². The number of phenols is 1. The zero-order valence-electron chi connectivity index (χ0n) is 10.1. The van der Waals surface area contributed by atoms with Crippen molar-refractivity contribution in [1.82, 2.24) is 0 Å². The van der Waals surface area contributed by atoms with E-state index in [-0.39, 0.29) is 18.1 Å². The number of nitrogens with two attached hydrogens (primary N) is 1. The fraction of sp³-hybridized carbons (Fsp3) is 0.154. The normalized spacial score (nSPS) is 11.2. The van der Waals surface area contributed by atoms with Crippen LogP contribution in [0, 0.1) is 0 Å². The molecule has 0 spiro atoms. The van der Waals surface area contributed by atoms with Crippen LogP contribution in [0.4, 0.5) is 0 Å². The first kappa shape index (κ1) is 14.6. The first-order valence-corrected chi connectivity index (χ1v) is 5.48. The van der Waals surface area contributed by atoms with Gasteiger partial charge in [0, 0.05) is 6.07 Å². The number of aliphatic carboxylic acids is 1. The van der Waals surface area contributed by atoms with E-state index in [0.717, 1.165) is 5.56 Å². The minimum absolute atomic E-state index is 0.0324. The average Bonchev–Trinajstić information content (AvgIpc) is 2.84. The van der Waals surface area contributed by atoms with Crippen LogP contribution in [0.3, 0.4) is 0 Å². The number of carboxylic acid groups (broad SMARTS) is 1. The molecule has 0 bridgehead atoms. The van der Waals surface area contributed by atoms with Crippen molar-refractivity contribution in [2.45, 2.75) is 12.5 Å². The maximum absolute atomic E-state index is 10.4. The maximum Gasteiger partial charge on any atom is 0.320 e. The van der Waals surface area contributed by atoms with Gasteiger partial charge in [0.2, 0.25) is 0 Å². The Morgan fingerprint density at radius 2 is 1.84 bits per heavy atom. The SMILES string of the molecule is N[C@@H](Cc1ccc(O)cc1)C(=O)O.Oc1ccco1. The lowest BCUT2D eigenvalue weighted by Crippen LogP contribution is -2.32. The Hall–Kier alpha value is -2.47. The number of rotatable bonds is 3. The second kappa shape index (κ2) is 7.07. The average molecular weight is 265 g/mol. The van der Waals surface area contributed by atoms with Crippen LogP contribution < -0.4 is 5.73 Å². The summed E-state index contributed by atoms with van der Waals surface area (Å²) in [7, 11) is 0. The highest BCUT2D eigenvalue weighted by molar-refractivity contribution is 5.73. The Balaban J connectivity index is 0.000000250. The Bertz CT molecular complexity index is 492. The summed E-state index contributed by atoms with van der Waals surface area (Å²) in [4.78, 5) is 10.4. The van der Waals surface area contributed by atoms with Crippen molar-refractivity contribution in [3.63, 3.8) is 0 Å². The number of hydrogen-bond donors (Lipinski definition) is 4. The van der Waals surface area contributed by atoms with Crippen LogP contribution in [0.15, 0.2) is 47.1 Å². The molecule has 0 fully saturated rings. The molecule has 6 heteroatoms. The third kappa shape index (κ3) is 5.60. The predicted molar refractivity (Wildman–Crippen MR) is 67.8 cm³/mol. The lowest BCUT2D eigenvalue weighted by Gasteiger charge is -2.05. The van der Waals surface area contributed by atoms with Crippen molar-refractivity contribution in [3.8, 4) is 11.7 Å². The molecule has 0 aliphatic carbocycles. The van der Waals surface area contributed by atoms with Gasteiger partial charge in [0.1, 0.15) is 11.8 Å². The van der Waals surface area contributed by atoms with Crippen molar-refractivity contribution in [3.05, 3.63) is 48.2 Å². The molecule has 1 atom stereocenters. The summed E-state index contributed by atoms with van der Waals surface area (Å²) < 4.78 is 4.39. The van der Waals surface area contributed by atoms with E-state index in [2.05, 4.69) is 4.42 Å². The number of carboxylic acids is 1. The second-order valence-electron chi connectivity index (χ2n) is 3.77. The van der Waals surface area contributed by atoms with Crippen LogP contribution in [0.2, 0.25) is 0 Å². The predicted octanol–water partition coefficient (Wildman–Crippen LogP) is 1.33. The van der Waals surface area contributed by atoms with Crippen molar-refractivity contribution >= 4 is 5.97 Å². The lowest BCUT2D eigenvalue weighted by molar-refractivity contribution is -0.138. The van der Waals surface area contributed by atoms with Crippen molar-refractivity contribution in [2.75, 3.05) is 0 Å². The molecular weight excluding hydrogens is 250 g/mol. The van der Waals surface area contributed by atoms with Gasteiger partial charge in [-0.2, -0.15) is 0 Å². The van der Waals surface area contributed by atoms with E-state index >= 15 is 0 Å². The topological polar surface area (TPSA) is 117 Å². The van der Waals surface area contributed by atoms with Gasteiger partial charge in [0.15, 0.2) is 0 Å². The number of phenolic OH excluding ortho intramolecular Hbond substituents is 1. The number of carbonyl (C=O) groups is 1. The molecule has 0 aliphatic heterocycles. The molecule has 0 radical (unpaired) electrons. The molecule has 2 rings (SSSR count). The number of aromatic hydroxyl groups is 2.